The molecule has 174 valence electrons. The highest BCUT2D eigenvalue weighted by molar-refractivity contribution is 5.87. The lowest BCUT2D eigenvalue weighted by Gasteiger charge is -2.28. The third kappa shape index (κ3) is 7.59. The van der Waals surface area contributed by atoms with Gasteiger partial charge >= 0.3 is 0 Å². The van der Waals surface area contributed by atoms with Crippen LogP contribution in [0.3, 0.4) is 0 Å². The van der Waals surface area contributed by atoms with Gasteiger partial charge in [0.1, 0.15) is 6.04 Å². The predicted octanol–water partition coefficient (Wildman–Crippen LogP) is 4.01. The minimum Gasteiger partial charge on any atom is -0.490 e. The molecule has 2 aromatic carbocycles. The van der Waals surface area contributed by atoms with Crippen LogP contribution < -0.4 is 14.8 Å². The highest BCUT2D eigenvalue weighted by Gasteiger charge is 2.25. The van der Waals surface area contributed by atoms with Crippen LogP contribution in [-0.4, -0.2) is 49.1 Å². The standard InChI is InChI=1S/C26H36N2O4/c1-5-27-26(30)20(4)28(18-17-21-11-9-8-10-12-21)25(29)16-14-22-13-15-23(31-6-2)24(19-22)32-7-3/h8-13,15,19-20H,5-7,14,16-18H2,1-4H3,(H,27,30)/t20-/m1/s1. The van der Waals surface area contributed by atoms with Crippen molar-refractivity contribution in [3.8, 4) is 11.5 Å². The molecule has 1 N–H and O–H groups in total. The molecule has 0 bridgehead atoms. The maximum absolute atomic E-state index is 13.2. The molecule has 0 fully saturated rings. The van der Waals surface area contributed by atoms with E-state index in [1.54, 1.807) is 11.8 Å². The van der Waals surface area contributed by atoms with Gasteiger partial charge in [-0.2, -0.15) is 0 Å². The van der Waals surface area contributed by atoms with Crippen molar-refractivity contribution < 1.29 is 19.1 Å². The van der Waals surface area contributed by atoms with Crippen LogP contribution in [-0.2, 0) is 22.4 Å². The van der Waals surface area contributed by atoms with Crippen molar-refractivity contribution in [2.45, 2.75) is 53.0 Å². The molecule has 6 heteroatoms. The summed E-state index contributed by atoms with van der Waals surface area (Å²) in [7, 11) is 0. The van der Waals surface area contributed by atoms with Gasteiger partial charge in [0.25, 0.3) is 0 Å². The fourth-order valence-corrected chi connectivity index (χ4v) is 3.54. The highest BCUT2D eigenvalue weighted by Crippen LogP contribution is 2.29. The number of hydrogen-bond acceptors (Lipinski definition) is 4. The number of nitrogens with zero attached hydrogens (tertiary/aromatic N) is 1. The molecule has 0 aromatic heterocycles. The monoisotopic (exact) mass is 440 g/mol. The summed E-state index contributed by atoms with van der Waals surface area (Å²) in [5, 5.41) is 2.83. The fraction of sp³-hybridized carbons (Fsp3) is 0.462. The first-order valence-corrected chi connectivity index (χ1v) is 11.5. The first-order chi connectivity index (χ1) is 15.5. The molecular weight excluding hydrogens is 404 g/mol. The SMILES string of the molecule is CCNC(=O)[C@@H](C)N(CCc1ccccc1)C(=O)CCc1ccc(OCC)c(OCC)c1. The predicted molar refractivity (Wildman–Crippen MR) is 127 cm³/mol. The summed E-state index contributed by atoms with van der Waals surface area (Å²) in [6.45, 7) is 9.67. The zero-order valence-corrected chi connectivity index (χ0v) is 19.7. The molecule has 0 heterocycles. The first-order valence-electron chi connectivity index (χ1n) is 11.5. The second kappa shape index (κ2) is 13.4. The van der Waals surface area contributed by atoms with E-state index in [0.717, 1.165) is 11.1 Å². The van der Waals surface area contributed by atoms with Gasteiger partial charge in [-0.25, -0.2) is 0 Å². The molecule has 2 aromatic rings. The molecule has 2 rings (SSSR count). The van der Waals surface area contributed by atoms with Crippen LogP contribution in [0.5, 0.6) is 11.5 Å². The smallest absolute Gasteiger partial charge is 0.242 e. The summed E-state index contributed by atoms with van der Waals surface area (Å²) in [5.41, 5.74) is 2.14. The number of ether oxygens (including phenoxy) is 2. The largest absolute Gasteiger partial charge is 0.490 e. The Morgan fingerprint density at radius 1 is 0.906 bits per heavy atom. The number of amides is 2. The molecule has 0 aliphatic heterocycles. The third-order valence-electron chi connectivity index (χ3n) is 5.24. The number of likely N-dealkylation sites (N-methyl/N-ethyl adjacent to an activating group) is 1. The molecule has 6 nitrogen and oxygen atoms in total. The zero-order valence-electron chi connectivity index (χ0n) is 19.7. The van der Waals surface area contributed by atoms with Crippen molar-refractivity contribution in [3.63, 3.8) is 0 Å². The summed E-state index contributed by atoms with van der Waals surface area (Å²) < 4.78 is 11.3. The second-order valence-corrected chi connectivity index (χ2v) is 7.54. The summed E-state index contributed by atoms with van der Waals surface area (Å²) in [6.07, 6.45) is 1.58. The Balaban J connectivity index is 2.09. The Bertz CT molecular complexity index is 854. The molecule has 0 saturated carbocycles. The Morgan fingerprint density at radius 2 is 1.59 bits per heavy atom. The fourth-order valence-electron chi connectivity index (χ4n) is 3.54. The van der Waals surface area contributed by atoms with Gasteiger partial charge < -0.3 is 19.7 Å². The number of rotatable bonds is 13. The minimum atomic E-state index is -0.523. The van der Waals surface area contributed by atoms with Crippen molar-refractivity contribution in [2.75, 3.05) is 26.3 Å². The Hall–Kier alpha value is -3.02. The highest BCUT2D eigenvalue weighted by atomic mass is 16.5. The van der Waals surface area contributed by atoms with Crippen LogP contribution >= 0.6 is 0 Å². The topological polar surface area (TPSA) is 67.9 Å². The minimum absolute atomic E-state index is 0.0356. The van der Waals surface area contributed by atoms with E-state index in [9.17, 15) is 9.59 Å². The van der Waals surface area contributed by atoms with Gasteiger partial charge in [0.05, 0.1) is 13.2 Å². The number of carbonyl (C=O) groups is 2. The van der Waals surface area contributed by atoms with E-state index in [1.165, 1.54) is 0 Å². The van der Waals surface area contributed by atoms with Gasteiger partial charge in [0, 0.05) is 19.5 Å². The first kappa shape index (κ1) is 25.2. The van der Waals surface area contributed by atoms with E-state index < -0.39 is 6.04 Å². The lowest BCUT2D eigenvalue weighted by atomic mass is 10.1. The summed E-state index contributed by atoms with van der Waals surface area (Å²) in [5.74, 6) is 1.23. The number of nitrogens with one attached hydrogen (secondary N) is 1. The second-order valence-electron chi connectivity index (χ2n) is 7.54. The molecule has 0 radical (unpaired) electrons. The molecule has 32 heavy (non-hydrogen) atoms. The molecule has 2 amide bonds. The molecule has 0 spiro atoms. The lowest BCUT2D eigenvalue weighted by molar-refractivity contribution is -0.139. The third-order valence-corrected chi connectivity index (χ3v) is 5.24. The van der Waals surface area contributed by atoms with Crippen molar-refractivity contribution in [2.24, 2.45) is 0 Å². The molecule has 0 aliphatic rings. The normalized spacial score (nSPS) is 11.5. The molecule has 0 saturated heterocycles. The van der Waals surface area contributed by atoms with E-state index in [1.807, 2.05) is 69.3 Å². The van der Waals surface area contributed by atoms with Crippen LogP contribution in [0.15, 0.2) is 48.5 Å². The lowest BCUT2D eigenvalue weighted by Crippen LogP contribution is -2.48. The quantitative estimate of drug-likeness (QED) is 0.511. The summed E-state index contributed by atoms with van der Waals surface area (Å²) in [6, 6.07) is 15.3. The van der Waals surface area contributed by atoms with Crippen molar-refractivity contribution in [1.29, 1.82) is 0 Å². The maximum Gasteiger partial charge on any atom is 0.242 e. The van der Waals surface area contributed by atoms with E-state index in [4.69, 9.17) is 9.47 Å². The molecule has 0 aliphatic carbocycles. The zero-order chi connectivity index (χ0) is 23.3. The van der Waals surface area contributed by atoms with Crippen LogP contribution in [0.1, 0.15) is 45.2 Å². The van der Waals surface area contributed by atoms with Gasteiger partial charge in [-0.3, -0.25) is 9.59 Å². The van der Waals surface area contributed by atoms with Crippen molar-refractivity contribution in [3.05, 3.63) is 59.7 Å². The maximum atomic E-state index is 13.2. The van der Waals surface area contributed by atoms with E-state index in [0.29, 0.717) is 57.1 Å². The van der Waals surface area contributed by atoms with Crippen molar-refractivity contribution >= 4 is 11.8 Å². The van der Waals surface area contributed by atoms with Gasteiger partial charge in [0.15, 0.2) is 11.5 Å². The van der Waals surface area contributed by atoms with E-state index >= 15 is 0 Å². The van der Waals surface area contributed by atoms with Crippen LogP contribution in [0, 0.1) is 0 Å². The Kier molecular flexibility index (Phi) is 10.6. The molecule has 0 unspecified atom stereocenters. The average Bonchev–Trinajstić information content (AvgIpc) is 2.80. The molecule has 1 atom stereocenters. The van der Waals surface area contributed by atoms with Gasteiger partial charge in [0.2, 0.25) is 11.8 Å². The Morgan fingerprint density at radius 3 is 2.25 bits per heavy atom. The van der Waals surface area contributed by atoms with E-state index in [2.05, 4.69) is 5.32 Å². The van der Waals surface area contributed by atoms with Crippen LogP contribution in [0.4, 0.5) is 0 Å². The number of carbonyl (C=O) groups excluding carboxylic acids is 2. The van der Waals surface area contributed by atoms with Crippen LogP contribution in [0.2, 0.25) is 0 Å². The number of aryl methyl sites for hydroxylation is 1. The van der Waals surface area contributed by atoms with Crippen molar-refractivity contribution in [1.82, 2.24) is 10.2 Å². The van der Waals surface area contributed by atoms with Gasteiger partial charge in [-0.1, -0.05) is 36.4 Å². The number of benzene rings is 2. The van der Waals surface area contributed by atoms with E-state index in [-0.39, 0.29) is 11.8 Å². The summed E-state index contributed by atoms with van der Waals surface area (Å²) in [4.78, 5) is 27.3. The molecular formula is C26H36N2O4. The number of hydrogen-bond donors (Lipinski definition) is 1. The summed E-state index contributed by atoms with van der Waals surface area (Å²) >= 11 is 0. The Labute approximate surface area is 191 Å². The van der Waals surface area contributed by atoms with Crippen LogP contribution in [0.25, 0.3) is 0 Å². The van der Waals surface area contributed by atoms with Gasteiger partial charge in [-0.15, -0.1) is 0 Å². The van der Waals surface area contributed by atoms with Gasteiger partial charge in [-0.05, 0) is 63.8 Å². The average molecular weight is 441 g/mol.